The average Bonchev–Trinajstić information content (AvgIpc) is 2.28. The first kappa shape index (κ1) is 14.3. The zero-order valence-corrected chi connectivity index (χ0v) is 11.4. The van der Waals surface area contributed by atoms with E-state index in [0.29, 0.717) is 5.56 Å². The lowest BCUT2D eigenvalue weighted by Gasteiger charge is -2.16. The minimum atomic E-state index is -0.0762. The molecule has 0 saturated heterocycles. The summed E-state index contributed by atoms with van der Waals surface area (Å²) in [6.07, 6.45) is 3.78. The minimum Gasteiger partial charge on any atom is -0.350 e. The number of benzene rings is 1. The van der Waals surface area contributed by atoms with Gasteiger partial charge in [0.15, 0.2) is 0 Å². The zero-order chi connectivity index (χ0) is 13.7. The Morgan fingerprint density at radius 2 is 2.06 bits per heavy atom. The molecule has 98 valence electrons. The van der Waals surface area contributed by atoms with E-state index in [9.17, 15) is 4.79 Å². The Morgan fingerprint density at radius 3 is 2.56 bits per heavy atom. The Morgan fingerprint density at radius 1 is 1.39 bits per heavy atom. The van der Waals surface area contributed by atoms with Crippen LogP contribution in [0.5, 0.6) is 0 Å². The van der Waals surface area contributed by atoms with Crippen molar-refractivity contribution in [3.8, 4) is 0 Å². The molecule has 0 aliphatic rings. The van der Waals surface area contributed by atoms with Crippen molar-refractivity contribution < 1.29 is 4.79 Å². The van der Waals surface area contributed by atoms with Gasteiger partial charge in [-0.1, -0.05) is 18.2 Å². The van der Waals surface area contributed by atoms with Gasteiger partial charge in [0.2, 0.25) is 0 Å². The van der Waals surface area contributed by atoms with Gasteiger partial charge in [0.25, 0.3) is 5.91 Å². The highest BCUT2D eigenvalue weighted by atomic mass is 16.1. The largest absolute Gasteiger partial charge is 0.350 e. The molecule has 1 aromatic rings. The topological polar surface area (TPSA) is 67.1 Å². The molecule has 0 aromatic heterocycles. The predicted octanol–water partition coefficient (Wildman–Crippen LogP) is 2.45. The molecule has 18 heavy (non-hydrogen) atoms. The van der Waals surface area contributed by atoms with Crippen molar-refractivity contribution in [3.05, 3.63) is 34.9 Å². The Kier molecular flexibility index (Phi) is 4.92. The highest BCUT2D eigenvalue weighted by molar-refractivity contribution is 6.01. The molecule has 0 unspecified atom stereocenters. The molecular weight excluding hydrogens is 226 g/mol. The summed E-state index contributed by atoms with van der Waals surface area (Å²) in [6.45, 7) is 7.70. The number of rotatable bonds is 4. The molecule has 0 spiro atoms. The number of hydrazine groups is 1. The lowest BCUT2D eigenvalue weighted by molar-refractivity contribution is 0.0942. The molecule has 1 rings (SSSR count). The number of carbonyl (C=O) groups excluding carboxylic acids is 1. The van der Waals surface area contributed by atoms with Crippen molar-refractivity contribution in [2.75, 3.05) is 5.43 Å². The average molecular weight is 247 g/mol. The second-order valence-corrected chi connectivity index (χ2v) is 4.49. The third-order valence-electron chi connectivity index (χ3n) is 2.59. The van der Waals surface area contributed by atoms with Gasteiger partial charge in [0, 0.05) is 11.6 Å². The number of nitrogens with one attached hydrogen (secondary N) is 2. The van der Waals surface area contributed by atoms with Crippen LogP contribution in [-0.4, -0.2) is 11.9 Å². The van der Waals surface area contributed by atoms with Gasteiger partial charge in [-0.2, -0.15) is 0 Å². The minimum absolute atomic E-state index is 0.0762. The van der Waals surface area contributed by atoms with Gasteiger partial charge >= 0.3 is 0 Å². The number of aryl methyl sites for hydroxylation is 1. The van der Waals surface area contributed by atoms with E-state index in [1.165, 1.54) is 0 Å². The Bertz CT molecular complexity index is 464. The van der Waals surface area contributed by atoms with E-state index in [0.717, 1.165) is 16.8 Å². The summed E-state index contributed by atoms with van der Waals surface area (Å²) in [6, 6.07) is 3.86. The van der Waals surface area contributed by atoms with Crippen LogP contribution >= 0.6 is 0 Å². The maximum Gasteiger partial charge on any atom is 0.252 e. The number of amides is 1. The summed E-state index contributed by atoms with van der Waals surface area (Å²) in [5.74, 6) is 5.41. The fourth-order valence-electron chi connectivity index (χ4n) is 1.83. The second kappa shape index (κ2) is 6.21. The van der Waals surface area contributed by atoms with Crippen LogP contribution in [0.3, 0.4) is 0 Å². The maximum atomic E-state index is 12.2. The lowest BCUT2D eigenvalue weighted by Crippen LogP contribution is -2.31. The van der Waals surface area contributed by atoms with E-state index in [4.69, 9.17) is 5.84 Å². The van der Waals surface area contributed by atoms with Crippen molar-refractivity contribution in [1.82, 2.24) is 5.32 Å². The molecule has 4 nitrogen and oxygen atoms in total. The summed E-state index contributed by atoms with van der Waals surface area (Å²) in [4.78, 5) is 12.2. The molecule has 0 radical (unpaired) electrons. The van der Waals surface area contributed by atoms with Crippen molar-refractivity contribution in [1.29, 1.82) is 0 Å². The van der Waals surface area contributed by atoms with Gasteiger partial charge < -0.3 is 10.7 Å². The summed E-state index contributed by atoms with van der Waals surface area (Å²) in [7, 11) is 0. The molecular formula is C14H21N3O. The Balaban J connectivity index is 3.35. The van der Waals surface area contributed by atoms with Gasteiger partial charge in [-0.25, -0.2) is 0 Å². The smallest absolute Gasteiger partial charge is 0.252 e. The van der Waals surface area contributed by atoms with E-state index in [1.807, 2.05) is 52.0 Å². The van der Waals surface area contributed by atoms with E-state index in [-0.39, 0.29) is 11.9 Å². The van der Waals surface area contributed by atoms with Gasteiger partial charge in [0.1, 0.15) is 0 Å². The van der Waals surface area contributed by atoms with Crippen LogP contribution in [0.25, 0.3) is 6.08 Å². The lowest BCUT2D eigenvalue weighted by atomic mass is 9.98. The van der Waals surface area contributed by atoms with Crippen molar-refractivity contribution in [3.63, 3.8) is 0 Å². The molecule has 1 amide bonds. The third-order valence-corrected chi connectivity index (χ3v) is 2.59. The number of hydrogen-bond acceptors (Lipinski definition) is 3. The number of allylic oxidation sites excluding steroid dienone is 1. The monoisotopic (exact) mass is 247 g/mol. The highest BCUT2D eigenvalue weighted by Crippen LogP contribution is 2.24. The highest BCUT2D eigenvalue weighted by Gasteiger charge is 2.16. The quantitative estimate of drug-likeness (QED) is 0.565. The number of carbonyl (C=O) groups is 1. The van der Waals surface area contributed by atoms with Crippen molar-refractivity contribution in [2.45, 2.75) is 33.7 Å². The molecule has 0 fully saturated rings. The summed E-state index contributed by atoms with van der Waals surface area (Å²) in [5.41, 5.74) is 5.78. The van der Waals surface area contributed by atoms with Gasteiger partial charge in [-0.3, -0.25) is 10.6 Å². The zero-order valence-electron chi connectivity index (χ0n) is 11.4. The van der Waals surface area contributed by atoms with Crippen LogP contribution in [0.1, 0.15) is 42.3 Å². The van der Waals surface area contributed by atoms with Gasteiger partial charge in [-0.15, -0.1) is 0 Å². The van der Waals surface area contributed by atoms with E-state index in [1.54, 1.807) is 0 Å². The van der Waals surface area contributed by atoms with E-state index in [2.05, 4.69) is 10.7 Å². The van der Waals surface area contributed by atoms with Crippen LogP contribution < -0.4 is 16.6 Å². The first-order chi connectivity index (χ1) is 8.51. The maximum absolute atomic E-state index is 12.2. The first-order valence-electron chi connectivity index (χ1n) is 6.05. The SMILES string of the molecule is C/C=C\c1c(NN)ccc(C)c1C(=O)NC(C)C. The molecule has 4 N–H and O–H groups in total. The van der Waals surface area contributed by atoms with Crippen molar-refractivity contribution >= 4 is 17.7 Å². The molecule has 0 saturated carbocycles. The number of nitrogen functional groups attached to an aromatic ring is 1. The second-order valence-electron chi connectivity index (χ2n) is 4.49. The summed E-state index contributed by atoms with van der Waals surface area (Å²) < 4.78 is 0. The van der Waals surface area contributed by atoms with Gasteiger partial charge in [0.05, 0.1) is 11.3 Å². The standard InChI is InChI=1S/C14H21N3O/c1-5-6-11-12(17-15)8-7-10(4)13(11)14(18)16-9(2)3/h5-9,17H,15H2,1-4H3,(H,16,18)/b6-5-. The number of anilines is 1. The Labute approximate surface area is 108 Å². The Hall–Kier alpha value is -1.81. The fraction of sp³-hybridized carbons (Fsp3) is 0.357. The van der Waals surface area contributed by atoms with Crippen molar-refractivity contribution in [2.24, 2.45) is 5.84 Å². The number of hydrogen-bond donors (Lipinski definition) is 3. The molecule has 0 bridgehead atoms. The van der Waals surface area contributed by atoms with Crippen LogP contribution in [0, 0.1) is 6.92 Å². The van der Waals surface area contributed by atoms with Crippen LogP contribution in [0.15, 0.2) is 18.2 Å². The normalized spacial score (nSPS) is 11.0. The molecule has 1 aromatic carbocycles. The third kappa shape index (κ3) is 3.11. The fourth-order valence-corrected chi connectivity index (χ4v) is 1.83. The van der Waals surface area contributed by atoms with E-state index < -0.39 is 0 Å². The van der Waals surface area contributed by atoms with E-state index >= 15 is 0 Å². The number of nitrogens with two attached hydrogens (primary N) is 1. The van der Waals surface area contributed by atoms with Crippen LogP contribution in [0.4, 0.5) is 5.69 Å². The predicted molar refractivity (Wildman–Crippen MR) is 76.3 cm³/mol. The van der Waals surface area contributed by atoms with Crippen LogP contribution in [-0.2, 0) is 0 Å². The summed E-state index contributed by atoms with van der Waals surface area (Å²) >= 11 is 0. The van der Waals surface area contributed by atoms with Crippen LogP contribution in [0.2, 0.25) is 0 Å². The molecule has 0 atom stereocenters. The molecule has 4 heteroatoms. The summed E-state index contributed by atoms with van der Waals surface area (Å²) in [5, 5.41) is 2.91. The molecule has 0 aliphatic heterocycles. The molecule has 0 aliphatic carbocycles. The van der Waals surface area contributed by atoms with Gasteiger partial charge in [-0.05, 0) is 39.3 Å². The molecule has 0 heterocycles. The first-order valence-corrected chi connectivity index (χ1v) is 6.05.